The molecule has 146 valence electrons. The van der Waals surface area contributed by atoms with Crippen molar-refractivity contribution in [2.75, 3.05) is 18.9 Å². The van der Waals surface area contributed by atoms with E-state index in [1.54, 1.807) is 23.1 Å². The molecule has 4 rings (SSSR count). The molecule has 2 aromatic rings. The van der Waals surface area contributed by atoms with Crippen LogP contribution in [0.3, 0.4) is 0 Å². The maximum atomic E-state index is 12.4. The van der Waals surface area contributed by atoms with Gasteiger partial charge in [-0.15, -0.1) is 11.3 Å². The number of rotatable bonds is 8. The number of ether oxygens (including phenoxy) is 1. The monoisotopic (exact) mass is 407 g/mol. The number of carbonyl (C=O) groups is 1. The molecule has 2 N–H and O–H groups in total. The Balaban J connectivity index is 1.21. The first kappa shape index (κ1) is 19.0. The molecule has 1 fully saturated rings. The molecule has 1 aliphatic carbocycles. The van der Waals surface area contributed by atoms with Crippen molar-refractivity contribution in [2.24, 2.45) is 0 Å². The lowest BCUT2D eigenvalue weighted by atomic mass is 10.2. The van der Waals surface area contributed by atoms with Crippen LogP contribution in [0.25, 0.3) is 10.2 Å². The highest BCUT2D eigenvalue weighted by Crippen LogP contribution is 2.34. The zero-order chi connectivity index (χ0) is 18.6. The predicted octanol–water partition coefficient (Wildman–Crippen LogP) is 2.78. The Hall–Kier alpha value is -1.38. The fourth-order valence-corrected chi connectivity index (χ4v) is 5.87. The average Bonchev–Trinajstić information content (AvgIpc) is 3.35. The average molecular weight is 408 g/mol. The summed E-state index contributed by atoms with van der Waals surface area (Å²) in [5, 5.41) is 3.76. The van der Waals surface area contributed by atoms with Crippen LogP contribution < -0.4 is 10.9 Å². The molecule has 2 aliphatic rings. The van der Waals surface area contributed by atoms with Gasteiger partial charge in [-0.1, -0.05) is 0 Å². The summed E-state index contributed by atoms with van der Waals surface area (Å²) in [6.45, 7) is 1.54. The number of carbonyl (C=O) groups excluding carboxylic acids is 1. The number of aryl methyl sites for hydroxylation is 2. The molecule has 1 atom stereocenters. The van der Waals surface area contributed by atoms with Crippen LogP contribution in [-0.4, -0.2) is 40.9 Å². The van der Waals surface area contributed by atoms with E-state index >= 15 is 0 Å². The third-order valence-electron chi connectivity index (χ3n) is 5.15. The van der Waals surface area contributed by atoms with Crippen LogP contribution >= 0.6 is 23.1 Å². The van der Waals surface area contributed by atoms with Crippen LogP contribution in [-0.2, 0) is 28.1 Å². The van der Waals surface area contributed by atoms with Gasteiger partial charge in [-0.25, -0.2) is 4.98 Å². The number of aromatic amines is 1. The quantitative estimate of drug-likeness (QED) is 0.658. The molecule has 0 spiro atoms. The minimum absolute atomic E-state index is 0.0122. The third kappa shape index (κ3) is 4.55. The van der Waals surface area contributed by atoms with Crippen molar-refractivity contribution in [1.29, 1.82) is 0 Å². The van der Waals surface area contributed by atoms with E-state index in [4.69, 9.17) is 4.74 Å². The molecular weight excluding hydrogens is 382 g/mol. The summed E-state index contributed by atoms with van der Waals surface area (Å²) in [6, 6.07) is 0. The second-order valence-corrected chi connectivity index (χ2v) is 9.32. The van der Waals surface area contributed by atoms with Crippen LogP contribution in [0, 0.1) is 0 Å². The number of aromatic nitrogens is 2. The highest BCUT2D eigenvalue weighted by Gasteiger charge is 2.21. The number of H-pyrrole nitrogens is 1. The number of thioether (sulfide) groups is 1. The molecular formula is C19H25N3O3S2. The Morgan fingerprint density at radius 1 is 1.37 bits per heavy atom. The maximum Gasteiger partial charge on any atom is 0.259 e. The van der Waals surface area contributed by atoms with E-state index in [2.05, 4.69) is 15.3 Å². The molecule has 2 aromatic heterocycles. The van der Waals surface area contributed by atoms with Crippen LogP contribution in [0.5, 0.6) is 0 Å². The highest BCUT2D eigenvalue weighted by molar-refractivity contribution is 7.98. The van der Waals surface area contributed by atoms with E-state index in [0.29, 0.717) is 36.4 Å². The van der Waals surface area contributed by atoms with E-state index in [1.807, 2.05) is 0 Å². The molecule has 6 nitrogen and oxygen atoms in total. The number of thiophene rings is 1. The van der Waals surface area contributed by atoms with Crippen LogP contribution in [0.4, 0.5) is 0 Å². The van der Waals surface area contributed by atoms with Crippen molar-refractivity contribution in [3.63, 3.8) is 0 Å². The Morgan fingerprint density at radius 2 is 2.30 bits per heavy atom. The predicted molar refractivity (Wildman–Crippen MR) is 110 cm³/mol. The van der Waals surface area contributed by atoms with Gasteiger partial charge in [0.05, 0.1) is 17.2 Å². The zero-order valence-electron chi connectivity index (χ0n) is 15.3. The minimum Gasteiger partial charge on any atom is -0.378 e. The summed E-state index contributed by atoms with van der Waals surface area (Å²) in [7, 11) is 0. The number of nitrogens with one attached hydrogen (secondary N) is 2. The second-order valence-electron chi connectivity index (χ2n) is 7.13. The largest absolute Gasteiger partial charge is 0.378 e. The van der Waals surface area contributed by atoms with E-state index in [0.717, 1.165) is 55.3 Å². The maximum absolute atomic E-state index is 12.4. The molecule has 27 heavy (non-hydrogen) atoms. The van der Waals surface area contributed by atoms with Crippen LogP contribution in [0.1, 0.15) is 48.4 Å². The first-order valence-electron chi connectivity index (χ1n) is 9.70. The summed E-state index contributed by atoms with van der Waals surface area (Å²) < 4.78 is 5.55. The molecule has 0 radical (unpaired) electrons. The van der Waals surface area contributed by atoms with Crippen molar-refractivity contribution in [2.45, 2.75) is 56.8 Å². The summed E-state index contributed by atoms with van der Waals surface area (Å²) in [5.74, 6) is 2.12. The van der Waals surface area contributed by atoms with Gasteiger partial charge in [0, 0.05) is 30.2 Å². The molecule has 1 unspecified atom stereocenters. The Morgan fingerprint density at radius 3 is 3.15 bits per heavy atom. The van der Waals surface area contributed by atoms with Crippen molar-refractivity contribution < 1.29 is 9.53 Å². The normalized spacial score (nSPS) is 18.9. The smallest absolute Gasteiger partial charge is 0.259 e. The second kappa shape index (κ2) is 8.75. The Bertz CT molecular complexity index is 871. The van der Waals surface area contributed by atoms with E-state index < -0.39 is 0 Å². The summed E-state index contributed by atoms with van der Waals surface area (Å²) in [6.07, 6.45) is 7.14. The number of amides is 1. The van der Waals surface area contributed by atoms with E-state index in [1.165, 1.54) is 10.4 Å². The summed E-state index contributed by atoms with van der Waals surface area (Å²) >= 11 is 3.29. The van der Waals surface area contributed by atoms with Crippen molar-refractivity contribution in [3.05, 3.63) is 26.6 Å². The number of hydrogen-bond donors (Lipinski definition) is 2. The van der Waals surface area contributed by atoms with Gasteiger partial charge in [0.1, 0.15) is 10.7 Å². The standard InChI is InChI=1S/C19H25N3O3S2/c23-16(20-8-6-12-3-2-9-25-12)7-10-26-11-15-21-18(24)17-13-4-1-5-14(13)27-19(17)22-15/h12H,1-11H2,(H,20,23)(H,21,22,24). The van der Waals surface area contributed by atoms with Crippen molar-refractivity contribution in [1.82, 2.24) is 15.3 Å². The Kier molecular flexibility index (Phi) is 6.14. The fraction of sp³-hybridized carbons (Fsp3) is 0.632. The minimum atomic E-state index is -0.0122. The van der Waals surface area contributed by atoms with Crippen LogP contribution in [0.2, 0.25) is 0 Å². The lowest BCUT2D eigenvalue weighted by Crippen LogP contribution is -2.27. The summed E-state index contributed by atoms with van der Waals surface area (Å²) in [4.78, 5) is 34.1. The first-order valence-corrected chi connectivity index (χ1v) is 11.7. The van der Waals surface area contributed by atoms with Gasteiger partial charge >= 0.3 is 0 Å². The van der Waals surface area contributed by atoms with Gasteiger partial charge in [0.15, 0.2) is 0 Å². The number of nitrogens with zero attached hydrogens (tertiary/aromatic N) is 1. The molecule has 8 heteroatoms. The third-order valence-corrected chi connectivity index (χ3v) is 7.30. The van der Waals surface area contributed by atoms with Gasteiger partial charge in [0.2, 0.25) is 5.91 Å². The SMILES string of the molecule is O=C(CCSCc1nc2sc3c(c2c(=O)[nH]1)CCC3)NCCC1CCCO1. The van der Waals surface area contributed by atoms with Gasteiger partial charge in [-0.05, 0) is 44.1 Å². The first-order chi connectivity index (χ1) is 13.2. The molecule has 0 bridgehead atoms. The van der Waals surface area contributed by atoms with Gasteiger partial charge in [0.25, 0.3) is 5.56 Å². The number of fused-ring (bicyclic) bond motifs is 3. The summed E-state index contributed by atoms with van der Waals surface area (Å²) in [5.41, 5.74) is 1.20. The fourth-order valence-electron chi connectivity index (χ4n) is 3.78. The topological polar surface area (TPSA) is 84.1 Å². The zero-order valence-corrected chi connectivity index (χ0v) is 17.0. The lowest BCUT2D eigenvalue weighted by Gasteiger charge is -2.10. The molecule has 0 aromatic carbocycles. The molecule has 1 saturated heterocycles. The molecule has 0 saturated carbocycles. The highest BCUT2D eigenvalue weighted by atomic mass is 32.2. The van der Waals surface area contributed by atoms with E-state index in [-0.39, 0.29) is 11.5 Å². The van der Waals surface area contributed by atoms with Gasteiger partial charge in [-0.2, -0.15) is 11.8 Å². The molecule has 3 heterocycles. The van der Waals surface area contributed by atoms with Gasteiger partial charge in [-0.3, -0.25) is 9.59 Å². The van der Waals surface area contributed by atoms with Crippen LogP contribution in [0.15, 0.2) is 4.79 Å². The molecule has 1 amide bonds. The van der Waals surface area contributed by atoms with Crippen molar-refractivity contribution in [3.8, 4) is 0 Å². The Labute approximate surface area is 166 Å². The van der Waals surface area contributed by atoms with E-state index in [9.17, 15) is 9.59 Å². The molecule has 1 aliphatic heterocycles. The number of hydrogen-bond acceptors (Lipinski definition) is 6. The van der Waals surface area contributed by atoms with Gasteiger partial charge < -0.3 is 15.0 Å². The lowest BCUT2D eigenvalue weighted by molar-refractivity contribution is -0.120. The van der Waals surface area contributed by atoms with Crippen molar-refractivity contribution >= 4 is 39.2 Å².